The number of benzene rings is 1. The van der Waals surface area contributed by atoms with E-state index in [0.29, 0.717) is 24.7 Å². The van der Waals surface area contributed by atoms with Crippen molar-refractivity contribution in [3.63, 3.8) is 0 Å². The van der Waals surface area contributed by atoms with E-state index in [2.05, 4.69) is 27.3 Å². The molecule has 1 aliphatic rings. The van der Waals surface area contributed by atoms with Gasteiger partial charge in [0.15, 0.2) is 11.0 Å². The summed E-state index contributed by atoms with van der Waals surface area (Å²) in [7, 11) is 0. The molecule has 1 aromatic carbocycles. The van der Waals surface area contributed by atoms with E-state index in [1.54, 1.807) is 12.4 Å². The number of carbonyl (C=O) groups is 1. The molecule has 0 radical (unpaired) electrons. The van der Waals surface area contributed by atoms with E-state index in [-0.39, 0.29) is 11.2 Å². The minimum Gasteiger partial charge on any atom is -0.465 e. The van der Waals surface area contributed by atoms with Crippen molar-refractivity contribution in [2.45, 2.75) is 23.4 Å². The zero-order valence-corrected chi connectivity index (χ0v) is 14.2. The highest BCUT2D eigenvalue weighted by Crippen LogP contribution is 2.31. The standard InChI is InChI=1S/C18H16N4O2S/c23-17-15(8-10-24-17)25-18-21-20-16(14-7-4-9-19-11-14)22(18)12-13-5-2-1-3-6-13/h1-7,9,11,15H,8,10,12H2. The number of aromatic nitrogens is 4. The van der Waals surface area contributed by atoms with Gasteiger partial charge in [0.05, 0.1) is 13.2 Å². The lowest BCUT2D eigenvalue weighted by molar-refractivity contribution is -0.137. The van der Waals surface area contributed by atoms with Crippen molar-refractivity contribution in [1.82, 2.24) is 19.7 Å². The summed E-state index contributed by atoms with van der Waals surface area (Å²) in [6.07, 6.45) is 4.19. The van der Waals surface area contributed by atoms with Gasteiger partial charge in [0, 0.05) is 24.4 Å². The van der Waals surface area contributed by atoms with Gasteiger partial charge in [-0.05, 0) is 17.7 Å². The van der Waals surface area contributed by atoms with Gasteiger partial charge in [-0.3, -0.25) is 14.3 Å². The lowest BCUT2D eigenvalue weighted by Crippen LogP contribution is -2.12. The molecule has 25 heavy (non-hydrogen) atoms. The van der Waals surface area contributed by atoms with E-state index in [0.717, 1.165) is 17.0 Å². The third-order valence-corrected chi connectivity index (χ3v) is 5.18. The van der Waals surface area contributed by atoms with Gasteiger partial charge in [-0.15, -0.1) is 10.2 Å². The van der Waals surface area contributed by atoms with E-state index in [4.69, 9.17) is 4.74 Å². The average molecular weight is 352 g/mol. The topological polar surface area (TPSA) is 69.9 Å². The SMILES string of the molecule is O=C1OCCC1Sc1nnc(-c2cccnc2)n1Cc1ccccc1. The smallest absolute Gasteiger partial charge is 0.319 e. The first kappa shape index (κ1) is 15.8. The number of ether oxygens (including phenoxy) is 1. The van der Waals surface area contributed by atoms with Gasteiger partial charge < -0.3 is 4.74 Å². The van der Waals surface area contributed by atoms with E-state index < -0.39 is 0 Å². The summed E-state index contributed by atoms with van der Waals surface area (Å²) in [5, 5.41) is 9.17. The van der Waals surface area contributed by atoms with Crippen LogP contribution in [-0.2, 0) is 16.1 Å². The second-order valence-electron chi connectivity index (χ2n) is 5.68. The minimum absolute atomic E-state index is 0.179. The van der Waals surface area contributed by atoms with Crippen LogP contribution in [0.5, 0.6) is 0 Å². The fourth-order valence-electron chi connectivity index (χ4n) is 2.70. The Kier molecular flexibility index (Phi) is 4.47. The molecular formula is C18H16N4O2S. The lowest BCUT2D eigenvalue weighted by Gasteiger charge is -2.11. The molecule has 1 fully saturated rings. The van der Waals surface area contributed by atoms with Crippen LogP contribution in [0, 0.1) is 0 Å². The molecule has 4 rings (SSSR count). The van der Waals surface area contributed by atoms with E-state index in [1.807, 2.05) is 34.9 Å². The first-order valence-electron chi connectivity index (χ1n) is 8.02. The van der Waals surface area contributed by atoms with Crippen LogP contribution in [0.3, 0.4) is 0 Å². The van der Waals surface area contributed by atoms with Gasteiger partial charge in [-0.2, -0.15) is 0 Å². The summed E-state index contributed by atoms with van der Waals surface area (Å²) >= 11 is 1.42. The van der Waals surface area contributed by atoms with Crippen molar-refractivity contribution in [3.8, 4) is 11.4 Å². The van der Waals surface area contributed by atoms with E-state index >= 15 is 0 Å². The first-order chi connectivity index (χ1) is 12.3. The Bertz CT molecular complexity index is 867. The molecule has 7 heteroatoms. The molecule has 0 saturated carbocycles. The van der Waals surface area contributed by atoms with Crippen LogP contribution in [0.4, 0.5) is 0 Å². The molecule has 0 bridgehead atoms. The lowest BCUT2D eigenvalue weighted by atomic mass is 10.2. The predicted molar refractivity (Wildman–Crippen MR) is 94.0 cm³/mol. The monoisotopic (exact) mass is 352 g/mol. The number of nitrogens with zero attached hydrogens (tertiary/aromatic N) is 4. The van der Waals surface area contributed by atoms with Crippen molar-refractivity contribution in [2.75, 3.05) is 6.61 Å². The molecule has 6 nitrogen and oxygen atoms in total. The minimum atomic E-state index is -0.222. The summed E-state index contributed by atoms with van der Waals surface area (Å²) in [6.45, 7) is 1.10. The van der Waals surface area contributed by atoms with Crippen LogP contribution < -0.4 is 0 Å². The summed E-state index contributed by atoms with van der Waals surface area (Å²) in [4.78, 5) is 16.0. The quantitative estimate of drug-likeness (QED) is 0.658. The number of carbonyl (C=O) groups excluding carboxylic acids is 1. The van der Waals surface area contributed by atoms with Gasteiger partial charge >= 0.3 is 5.97 Å². The molecule has 1 unspecified atom stereocenters. The fraction of sp³-hybridized carbons (Fsp3) is 0.222. The predicted octanol–water partition coefficient (Wildman–Crippen LogP) is 2.80. The molecule has 3 heterocycles. The first-order valence-corrected chi connectivity index (χ1v) is 8.90. The number of hydrogen-bond donors (Lipinski definition) is 0. The summed E-state index contributed by atoms with van der Waals surface area (Å²) in [5.41, 5.74) is 2.04. The van der Waals surface area contributed by atoms with Crippen molar-refractivity contribution < 1.29 is 9.53 Å². The van der Waals surface area contributed by atoms with Crippen molar-refractivity contribution in [2.24, 2.45) is 0 Å². The van der Waals surface area contributed by atoms with Crippen molar-refractivity contribution >= 4 is 17.7 Å². The second-order valence-corrected chi connectivity index (χ2v) is 6.85. The van der Waals surface area contributed by atoms with Gasteiger partial charge in [0.2, 0.25) is 0 Å². The van der Waals surface area contributed by atoms with Crippen LogP contribution in [0.2, 0.25) is 0 Å². The van der Waals surface area contributed by atoms with Crippen LogP contribution in [0.1, 0.15) is 12.0 Å². The Labute approximate surface area is 149 Å². The van der Waals surface area contributed by atoms with Crippen LogP contribution in [-0.4, -0.2) is 37.6 Å². The molecule has 1 saturated heterocycles. The number of esters is 1. The largest absolute Gasteiger partial charge is 0.465 e. The van der Waals surface area contributed by atoms with Gasteiger partial charge in [-0.25, -0.2) is 0 Å². The maximum absolute atomic E-state index is 11.8. The molecule has 3 aromatic rings. The third-order valence-electron chi connectivity index (χ3n) is 3.96. The van der Waals surface area contributed by atoms with E-state index in [1.165, 1.54) is 11.8 Å². The third kappa shape index (κ3) is 3.41. The average Bonchev–Trinajstić information content (AvgIpc) is 3.24. The molecule has 0 spiro atoms. The van der Waals surface area contributed by atoms with Crippen molar-refractivity contribution in [3.05, 3.63) is 60.4 Å². The number of hydrogen-bond acceptors (Lipinski definition) is 6. The fourth-order valence-corrected chi connectivity index (χ4v) is 3.70. The molecule has 2 aromatic heterocycles. The maximum Gasteiger partial charge on any atom is 0.319 e. The Balaban J connectivity index is 1.71. The highest BCUT2D eigenvalue weighted by atomic mass is 32.2. The Morgan fingerprint density at radius 2 is 2.04 bits per heavy atom. The van der Waals surface area contributed by atoms with Gasteiger partial charge in [0.1, 0.15) is 5.25 Å². The number of cyclic esters (lactones) is 1. The normalized spacial score (nSPS) is 16.8. The molecule has 0 aliphatic carbocycles. The molecule has 126 valence electrons. The molecule has 0 N–H and O–H groups in total. The zero-order valence-electron chi connectivity index (χ0n) is 13.4. The summed E-state index contributed by atoms with van der Waals surface area (Å²) in [6, 6.07) is 13.9. The Hall–Kier alpha value is -2.67. The number of rotatable bonds is 5. The zero-order chi connectivity index (χ0) is 17.1. The van der Waals surface area contributed by atoms with Gasteiger partial charge in [-0.1, -0.05) is 42.1 Å². The highest BCUT2D eigenvalue weighted by Gasteiger charge is 2.30. The molecular weight excluding hydrogens is 336 g/mol. The van der Waals surface area contributed by atoms with Crippen LogP contribution >= 0.6 is 11.8 Å². The number of thioether (sulfide) groups is 1. The summed E-state index contributed by atoms with van der Waals surface area (Å²) < 4.78 is 7.09. The summed E-state index contributed by atoms with van der Waals surface area (Å²) in [5.74, 6) is 0.563. The Morgan fingerprint density at radius 1 is 1.16 bits per heavy atom. The molecule has 0 amide bonds. The van der Waals surface area contributed by atoms with Crippen LogP contribution in [0.25, 0.3) is 11.4 Å². The van der Waals surface area contributed by atoms with Crippen LogP contribution in [0.15, 0.2) is 60.0 Å². The maximum atomic E-state index is 11.8. The van der Waals surface area contributed by atoms with Gasteiger partial charge in [0.25, 0.3) is 0 Å². The number of pyridine rings is 1. The molecule has 1 aliphatic heterocycles. The second kappa shape index (κ2) is 7.06. The van der Waals surface area contributed by atoms with E-state index in [9.17, 15) is 4.79 Å². The molecule has 1 atom stereocenters. The van der Waals surface area contributed by atoms with Crippen molar-refractivity contribution in [1.29, 1.82) is 0 Å². The highest BCUT2D eigenvalue weighted by molar-refractivity contribution is 8.00. The Morgan fingerprint density at radius 3 is 2.76 bits per heavy atom.